The van der Waals surface area contributed by atoms with E-state index in [1.807, 2.05) is 30.3 Å². The van der Waals surface area contributed by atoms with Crippen molar-refractivity contribution < 1.29 is 17.7 Å². The number of aryl methyl sites for hydroxylation is 1. The molecule has 1 N–H and O–H groups in total. The molecule has 30 heavy (non-hydrogen) atoms. The summed E-state index contributed by atoms with van der Waals surface area (Å²) in [5, 5.41) is 0. The van der Waals surface area contributed by atoms with Crippen LogP contribution in [0.1, 0.15) is 83.1 Å². The quantitative estimate of drug-likeness (QED) is 0.233. The molecule has 0 unspecified atom stereocenters. The number of rotatable bonds is 15. The van der Waals surface area contributed by atoms with E-state index in [4.69, 9.17) is 4.74 Å². The van der Waals surface area contributed by atoms with Gasteiger partial charge in [-0.1, -0.05) is 89.3 Å². The summed E-state index contributed by atoms with van der Waals surface area (Å²) in [6, 6.07) is 14.0. The first-order chi connectivity index (χ1) is 14.5. The van der Waals surface area contributed by atoms with Gasteiger partial charge in [0.05, 0.1) is 4.90 Å². The minimum atomic E-state index is -4.22. The minimum absolute atomic E-state index is 0.0824. The Hall–Kier alpha value is -1.85. The largest absolute Gasteiger partial charge is 0.457 e. The second-order valence-corrected chi connectivity index (χ2v) is 9.37. The van der Waals surface area contributed by atoms with Crippen LogP contribution < -0.4 is 4.74 Å². The van der Waals surface area contributed by atoms with E-state index in [1.165, 1.54) is 69.9 Å². The fraction of sp³-hybridized carbons (Fsp3) is 0.520. The second kappa shape index (κ2) is 13.5. The molecule has 4 nitrogen and oxygen atoms in total. The number of para-hydroxylation sites is 1. The van der Waals surface area contributed by atoms with Crippen molar-refractivity contribution in [1.29, 1.82) is 0 Å². The van der Waals surface area contributed by atoms with Crippen molar-refractivity contribution in [2.45, 2.75) is 88.9 Å². The third-order valence-electron chi connectivity index (χ3n) is 5.35. The van der Waals surface area contributed by atoms with E-state index in [1.54, 1.807) is 6.07 Å². The van der Waals surface area contributed by atoms with E-state index in [-0.39, 0.29) is 4.90 Å². The van der Waals surface area contributed by atoms with E-state index < -0.39 is 10.1 Å². The fourth-order valence-electron chi connectivity index (χ4n) is 3.61. The number of benzene rings is 2. The number of hydrogen-bond donors (Lipinski definition) is 1. The minimum Gasteiger partial charge on any atom is -0.457 e. The monoisotopic (exact) mass is 432 g/mol. The molecule has 0 radical (unpaired) electrons. The normalized spacial score (nSPS) is 11.5. The van der Waals surface area contributed by atoms with E-state index >= 15 is 0 Å². The third-order valence-corrected chi connectivity index (χ3v) is 6.20. The van der Waals surface area contributed by atoms with Crippen molar-refractivity contribution in [1.82, 2.24) is 0 Å². The number of ether oxygens (including phenoxy) is 1. The van der Waals surface area contributed by atoms with Crippen molar-refractivity contribution in [2.24, 2.45) is 0 Å². The third kappa shape index (κ3) is 9.31. The average Bonchev–Trinajstić information content (AvgIpc) is 2.73. The van der Waals surface area contributed by atoms with Crippen LogP contribution in [0.25, 0.3) is 0 Å². The Labute approximate surface area is 182 Å². The van der Waals surface area contributed by atoms with Gasteiger partial charge in [-0.3, -0.25) is 4.55 Å². The predicted octanol–water partition coefficient (Wildman–Crippen LogP) is 7.58. The molecule has 2 aromatic carbocycles. The molecule has 0 fully saturated rings. The molecule has 2 aromatic rings. The van der Waals surface area contributed by atoms with Crippen LogP contribution in [0.3, 0.4) is 0 Å². The summed E-state index contributed by atoms with van der Waals surface area (Å²) < 4.78 is 38.4. The van der Waals surface area contributed by atoms with Gasteiger partial charge < -0.3 is 4.74 Å². The molecule has 0 atom stereocenters. The Morgan fingerprint density at radius 1 is 0.767 bits per heavy atom. The predicted molar refractivity (Wildman–Crippen MR) is 123 cm³/mol. The van der Waals surface area contributed by atoms with Gasteiger partial charge in [-0.05, 0) is 48.7 Å². The van der Waals surface area contributed by atoms with Crippen LogP contribution in [0.4, 0.5) is 0 Å². The number of hydrogen-bond acceptors (Lipinski definition) is 3. The Balaban J connectivity index is 1.81. The average molecular weight is 433 g/mol. The molecule has 0 saturated heterocycles. The summed E-state index contributed by atoms with van der Waals surface area (Å²) in [6.45, 7) is 2.25. The van der Waals surface area contributed by atoms with Gasteiger partial charge in [0.15, 0.2) is 0 Å². The lowest BCUT2D eigenvalue weighted by Crippen LogP contribution is -2.01. The van der Waals surface area contributed by atoms with Gasteiger partial charge in [-0.25, -0.2) is 0 Å². The molecule has 0 bridgehead atoms. The van der Waals surface area contributed by atoms with E-state index in [0.717, 1.165) is 24.8 Å². The van der Waals surface area contributed by atoms with Gasteiger partial charge in [-0.2, -0.15) is 8.42 Å². The summed E-state index contributed by atoms with van der Waals surface area (Å²) in [5.74, 6) is 1.35. The van der Waals surface area contributed by atoms with Gasteiger partial charge >= 0.3 is 0 Å². The van der Waals surface area contributed by atoms with Crippen LogP contribution in [0.5, 0.6) is 11.5 Å². The van der Waals surface area contributed by atoms with Crippen LogP contribution in [0.15, 0.2) is 53.4 Å². The lowest BCUT2D eigenvalue weighted by Gasteiger charge is -2.12. The van der Waals surface area contributed by atoms with Crippen molar-refractivity contribution >= 4 is 10.1 Å². The van der Waals surface area contributed by atoms with Gasteiger partial charge in [0, 0.05) is 0 Å². The zero-order valence-corrected chi connectivity index (χ0v) is 19.0. The molecule has 0 aliphatic heterocycles. The van der Waals surface area contributed by atoms with E-state index in [9.17, 15) is 13.0 Å². The number of unbranched alkanes of at least 4 members (excludes halogenated alkanes) is 10. The molecule has 0 saturated carbocycles. The maximum Gasteiger partial charge on any atom is 0.294 e. The first-order valence-electron chi connectivity index (χ1n) is 11.3. The summed E-state index contributed by atoms with van der Waals surface area (Å²) in [6.07, 6.45) is 14.6. The van der Waals surface area contributed by atoms with Gasteiger partial charge in [-0.15, -0.1) is 0 Å². The van der Waals surface area contributed by atoms with Gasteiger partial charge in [0.1, 0.15) is 11.5 Å². The Kier molecular flexibility index (Phi) is 11.0. The van der Waals surface area contributed by atoms with Crippen LogP contribution in [0.2, 0.25) is 0 Å². The van der Waals surface area contributed by atoms with Crippen LogP contribution in [-0.2, 0) is 16.5 Å². The topological polar surface area (TPSA) is 63.6 Å². The van der Waals surface area contributed by atoms with Crippen LogP contribution in [-0.4, -0.2) is 13.0 Å². The lowest BCUT2D eigenvalue weighted by molar-refractivity contribution is 0.470. The van der Waals surface area contributed by atoms with Crippen molar-refractivity contribution in [3.63, 3.8) is 0 Å². The fourth-order valence-corrected chi connectivity index (χ4v) is 4.14. The second-order valence-electron chi connectivity index (χ2n) is 7.95. The van der Waals surface area contributed by atoms with Gasteiger partial charge in [0.2, 0.25) is 0 Å². The van der Waals surface area contributed by atoms with E-state index in [0.29, 0.717) is 11.5 Å². The molecule has 0 aliphatic rings. The van der Waals surface area contributed by atoms with Crippen LogP contribution >= 0.6 is 0 Å². The maximum atomic E-state index is 11.5. The van der Waals surface area contributed by atoms with Crippen molar-refractivity contribution in [2.75, 3.05) is 0 Å². The zero-order chi connectivity index (χ0) is 21.7. The van der Waals surface area contributed by atoms with Crippen molar-refractivity contribution in [3.8, 4) is 11.5 Å². The SMILES string of the molecule is CCCCCCCCCCCCCc1cc(S(=O)(=O)O)ccc1Oc1ccccc1. The highest BCUT2D eigenvalue weighted by atomic mass is 32.2. The first kappa shape index (κ1) is 24.4. The molecule has 0 amide bonds. The summed E-state index contributed by atoms with van der Waals surface area (Å²) >= 11 is 0. The molecule has 0 spiro atoms. The Bertz CT molecular complexity index is 831. The molecule has 166 valence electrons. The highest BCUT2D eigenvalue weighted by Gasteiger charge is 2.14. The highest BCUT2D eigenvalue weighted by Crippen LogP contribution is 2.29. The maximum absolute atomic E-state index is 11.5. The summed E-state index contributed by atoms with van der Waals surface area (Å²) in [5.41, 5.74) is 0.810. The van der Waals surface area contributed by atoms with Crippen molar-refractivity contribution in [3.05, 3.63) is 54.1 Å². The Morgan fingerprint density at radius 2 is 1.33 bits per heavy atom. The highest BCUT2D eigenvalue weighted by molar-refractivity contribution is 7.85. The molecule has 0 aromatic heterocycles. The van der Waals surface area contributed by atoms with Crippen LogP contribution in [0, 0.1) is 0 Å². The Morgan fingerprint density at radius 3 is 1.90 bits per heavy atom. The molecule has 5 heteroatoms. The molecular weight excluding hydrogens is 396 g/mol. The molecule has 0 aliphatic carbocycles. The summed E-state index contributed by atoms with van der Waals surface area (Å²) in [7, 11) is -4.22. The summed E-state index contributed by atoms with van der Waals surface area (Å²) in [4.78, 5) is -0.0824. The molecular formula is C25H36O4S. The molecule has 0 heterocycles. The first-order valence-corrected chi connectivity index (χ1v) is 12.8. The lowest BCUT2D eigenvalue weighted by atomic mass is 10.0. The smallest absolute Gasteiger partial charge is 0.294 e. The molecule has 2 rings (SSSR count). The van der Waals surface area contributed by atoms with Gasteiger partial charge in [0.25, 0.3) is 10.1 Å². The van der Waals surface area contributed by atoms with E-state index in [2.05, 4.69) is 6.92 Å². The standard InChI is InChI=1S/C25H36O4S/c1-2-3-4-5-6-7-8-9-10-11-13-16-22-21-24(30(26,27)28)19-20-25(22)29-23-17-14-12-15-18-23/h12,14-15,17-21H,2-11,13,16H2,1H3,(H,26,27,28). The zero-order valence-electron chi connectivity index (χ0n) is 18.2.